The number of rotatable bonds is 3. The van der Waals surface area contributed by atoms with E-state index in [-0.39, 0.29) is 6.04 Å². The molecule has 1 N–H and O–H groups in total. The topological polar surface area (TPSA) is 71.2 Å². The zero-order valence-electron chi connectivity index (χ0n) is 17.5. The molecule has 10 heteroatoms. The van der Waals surface area contributed by atoms with Crippen molar-refractivity contribution in [3.8, 4) is 5.69 Å². The minimum atomic E-state index is -4.47. The number of pyridine rings is 1. The first-order valence-corrected chi connectivity index (χ1v) is 10.6. The molecule has 1 saturated heterocycles. The minimum absolute atomic E-state index is 0.363. The first-order chi connectivity index (χ1) is 15.5. The molecule has 3 aromatic rings. The molecule has 0 radical (unpaired) electrons. The maximum atomic E-state index is 13.6. The summed E-state index contributed by atoms with van der Waals surface area (Å²) in [6.07, 6.45) is -2.24. The summed E-state index contributed by atoms with van der Waals surface area (Å²) in [5.74, 6) is 1.24. The average molecular weight is 441 g/mol. The highest BCUT2D eigenvalue weighted by atomic mass is 19.4. The van der Waals surface area contributed by atoms with Crippen LogP contribution in [0, 0.1) is 0 Å². The van der Waals surface area contributed by atoms with E-state index in [4.69, 9.17) is 4.99 Å². The second-order valence-corrected chi connectivity index (χ2v) is 7.78. The number of fused-ring (bicyclic) bond motifs is 3. The van der Waals surface area contributed by atoms with Crippen molar-refractivity contribution in [1.82, 2.24) is 25.1 Å². The summed E-state index contributed by atoms with van der Waals surface area (Å²) in [4.78, 5) is 11.4. The molecule has 2 aromatic heterocycles. The van der Waals surface area contributed by atoms with Gasteiger partial charge in [-0.15, -0.1) is 10.2 Å². The van der Waals surface area contributed by atoms with E-state index < -0.39 is 11.7 Å². The Morgan fingerprint density at radius 2 is 1.91 bits per heavy atom. The molecule has 0 bridgehead atoms. The summed E-state index contributed by atoms with van der Waals surface area (Å²) in [6, 6.07) is 8.72. The molecule has 166 valence electrons. The van der Waals surface area contributed by atoms with Gasteiger partial charge < -0.3 is 10.2 Å². The van der Waals surface area contributed by atoms with Crippen LogP contribution in [0.5, 0.6) is 0 Å². The lowest BCUT2D eigenvalue weighted by Gasteiger charge is -2.29. The van der Waals surface area contributed by atoms with Crippen molar-refractivity contribution in [2.45, 2.75) is 25.6 Å². The Kier molecular flexibility index (Phi) is 5.16. The van der Waals surface area contributed by atoms with Crippen molar-refractivity contribution in [3.63, 3.8) is 0 Å². The Morgan fingerprint density at radius 1 is 1.09 bits per heavy atom. The molecule has 0 saturated carbocycles. The maximum Gasteiger partial charge on any atom is 0.416 e. The minimum Gasteiger partial charge on any atom is -0.338 e. The van der Waals surface area contributed by atoms with Crippen molar-refractivity contribution in [3.05, 3.63) is 65.2 Å². The molecule has 1 unspecified atom stereocenters. The highest BCUT2D eigenvalue weighted by Gasteiger charge is 2.35. The van der Waals surface area contributed by atoms with E-state index in [9.17, 15) is 13.2 Å². The van der Waals surface area contributed by atoms with E-state index in [0.29, 0.717) is 40.9 Å². The zero-order valence-corrected chi connectivity index (χ0v) is 17.5. The quantitative estimate of drug-likeness (QED) is 0.675. The first kappa shape index (κ1) is 20.6. The van der Waals surface area contributed by atoms with Gasteiger partial charge in [-0.05, 0) is 36.8 Å². The summed E-state index contributed by atoms with van der Waals surface area (Å²) >= 11 is 0. The molecule has 1 aromatic carbocycles. The van der Waals surface area contributed by atoms with Crippen molar-refractivity contribution < 1.29 is 13.2 Å². The molecular weight excluding hydrogens is 419 g/mol. The van der Waals surface area contributed by atoms with Crippen LogP contribution in [-0.2, 0) is 6.18 Å². The molecule has 7 nitrogen and oxygen atoms in total. The average Bonchev–Trinajstić information content (AvgIpc) is 3.19. The van der Waals surface area contributed by atoms with E-state index in [0.717, 1.165) is 38.3 Å². The molecule has 1 fully saturated rings. The largest absolute Gasteiger partial charge is 0.416 e. The number of nitrogens with one attached hydrogen (secondary N) is 1. The fraction of sp³-hybridized carbons (Fsp3) is 0.364. The standard InChI is InChI=1S/C22H22F3N7/c1-2-16-20-29-30-21(31-11-9-26-10-12-31)32(20)18-7-6-14(22(23,24)25)13-15(18)19(28-16)17-5-3-4-8-27-17/h3-8,13,16,26H,2,9-12H2,1H3. The molecule has 0 spiro atoms. The lowest BCUT2D eigenvalue weighted by molar-refractivity contribution is -0.137. The predicted molar refractivity (Wildman–Crippen MR) is 114 cm³/mol. The summed E-state index contributed by atoms with van der Waals surface area (Å²) in [5.41, 5.74) is 1.16. The third-order valence-corrected chi connectivity index (χ3v) is 5.77. The third-order valence-electron chi connectivity index (χ3n) is 5.77. The molecule has 5 rings (SSSR count). The monoisotopic (exact) mass is 441 g/mol. The van der Waals surface area contributed by atoms with E-state index in [2.05, 4.69) is 25.4 Å². The number of hydrogen-bond acceptors (Lipinski definition) is 6. The van der Waals surface area contributed by atoms with Crippen LogP contribution in [-0.4, -0.2) is 51.6 Å². The Balaban J connectivity index is 1.77. The number of benzene rings is 1. The Bertz CT molecular complexity index is 1150. The number of anilines is 1. The summed E-state index contributed by atoms with van der Waals surface area (Å²) in [5, 5.41) is 12.2. The van der Waals surface area contributed by atoms with E-state index in [1.807, 2.05) is 11.5 Å². The SMILES string of the molecule is CCC1N=C(c2ccccn2)c2cc(C(F)(F)F)ccc2-n2c1nnc2N1CCNCC1. The van der Waals surface area contributed by atoms with Gasteiger partial charge in [-0.2, -0.15) is 13.2 Å². The number of aliphatic imine (C=N–C) groups is 1. The van der Waals surface area contributed by atoms with E-state index >= 15 is 0 Å². The van der Waals surface area contributed by atoms with Crippen molar-refractivity contribution >= 4 is 11.7 Å². The van der Waals surface area contributed by atoms with Crippen LogP contribution < -0.4 is 10.2 Å². The fourth-order valence-electron chi connectivity index (χ4n) is 4.17. The lowest BCUT2D eigenvalue weighted by Crippen LogP contribution is -2.44. The van der Waals surface area contributed by atoms with Gasteiger partial charge in [-0.1, -0.05) is 13.0 Å². The Hall–Kier alpha value is -3.27. The zero-order chi connectivity index (χ0) is 22.3. The van der Waals surface area contributed by atoms with Gasteiger partial charge in [0.15, 0.2) is 5.82 Å². The fourth-order valence-corrected chi connectivity index (χ4v) is 4.17. The van der Waals surface area contributed by atoms with Crippen LogP contribution in [0.3, 0.4) is 0 Å². The number of alkyl halides is 3. The Morgan fingerprint density at radius 3 is 2.59 bits per heavy atom. The second-order valence-electron chi connectivity index (χ2n) is 7.78. The molecule has 0 aliphatic carbocycles. The molecule has 1 atom stereocenters. The second kappa shape index (κ2) is 8.01. The molecule has 2 aliphatic rings. The molecule has 2 aliphatic heterocycles. The van der Waals surface area contributed by atoms with Crippen LogP contribution in [0.15, 0.2) is 47.6 Å². The molecule has 4 heterocycles. The van der Waals surface area contributed by atoms with E-state index in [1.54, 1.807) is 24.4 Å². The van der Waals surface area contributed by atoms with Gasteiger partial charge in [0.2, 0.25) is 5.95 Å². The lowest BCUT2D eigenvalue weighted by atomic mass is 10.0. The van der Waals surface area contributed by atoms with Crippen molar-refractivity contribution in [1.29, 1.82) is 0 Å². The number of piperazine rings is 1. The summed E-state index contributed by atoms with van der Waals surface area (Å²) in [6.45, 7) is 5.05. The van der Waals surface area contributed by atoms with E-state index in [1.165, 1.54) is 6.07 Å². The molecular formula is C22H22F3N7. The van der Waals surface area contributed by atoms with Gasteiger partial charge in [0.1, 0.15) is 6.04 Å². The predicted octanol–water partition coefficient (Wildman–Crippen LogP) is 3.39. The highest BCUT2D eigenvalue weighted by molar-refractivity contribution is 6.14. The first-order valence-electron chi connectivity index (χ1n) is 10.6. The van der Waals surface area contributed by atoms with Crippen LogP contribution in [0.25, 0.3) is 5.69 Å². The van der Waals surface area contributed by atoms with Gasteiger partial charge in [0.05, 0.1) is 22.7 Å². The smallest absolute Gasteiger partial charge is 0.338 e. The van der Waals surface area contributed by atoms with Gasteiger partial charge in [-0.25, -0.2) is 0 Å². The highest BCUT2D eigenvalue weighted by Crippen LogP contribution is 2.37. The van der Waals surface area contributed by atoms with Crippen LogP contribution in [0.1, 0.15) is 42.0 Å². The number of aromatic nitrogens is 4. The molecule has 32 heavy (non-hydrogen) atoms. The number of hydrogen-bond donors (Lipinski definition) is 1. The van der Waals surface area contributed by atoms with Crippen LogP contribution in [0.2, 0.25) is 0 Å². The summed E-state index contributed by atoms with van der Waals surface area (Å²) in [7, 11) is 0. The van der Waals surface area contributed by atoms with Gasteiger partial charge in [-0.3, -0.25) is 14.5 Å². The van der Waals surface area contributed by atoms with Crippen LogP contribution >= 0.6 is 0 Å². The Labute approximate surface area is 183 Å². The summed E-state index contributed by atoms with van der Waals surface area (Å²) < 4.78 is 42.8. The third kappa shape index (κ3) is 3.54. The number of nitrogens with zero attached hydrogens (tertiary/aromatic N) is 6. The van der Waals surface area contributed by atoms with Gasteiger partial charge in [0, 0.05) is 37.9 Å². The normalized spacial score (nSPS) is 18.6. The maximum absolute atomic E-state index is 13.6. The molecule has 0 amide bonds. The van der Waals surface area contributed by atoms with Crippen molar-refractivity contribution in [2.24, 2.45) is 4.99 Å². The van der Waals surface area contributed by atoms with Crippen LogP contribution in [0.4, 0.5) is 19.1 Å². The van der Waals surface area contributed by atoms with Gasteiger partial charge >= 0.3 is 6.18 Å². The van der Waals surface area contributed by atoms with Crippen molar-refractivity contribution in [2.75, 3.05) is 31.1 Å². The van der Waals surface area contributed by atoms with Gasteiger partial charge in [0.25, 0.3) is 0 Å². The number of halogens is 3.